The molecule has 5 nitrogen and oxygen atoms in total. The Morgan fingerprint density at radius 2 is 2.00 bits per heavy atom. The first-order valence-electron chi connectivity index (χ1n) is 8.07. The lowest BCUT2D eigenvalue weighted by atomic mass is 10.0. The summed E-state index contributed by atoms with van der Waals surface area (Å²) in [4.78, 5) is 22.7. The first kappa shape index (κ1) is 14.8. The molecule has 122 valence electrons. The Labute approximate surface area is 138 Å². The Bertz CT molecular complexity index is 899. The third kappa shape index (κ3) is 2.75. The topological polar surface area (TPSA) is 50.5 Å². The third-order valence-electron chi connectivity index (χ3n) is 4.38. The summed E-state index contributed by atoms with van der Waals surface area (Å²) >= 11 is 0. The minimum atomic E-state index is -0.351. The van der Waals surface area contributed by atoms with E-state index in [0.717, 1.165) is 31.5 Å². The Morgan fingerprint density at radius 3 is 2.83 bits per heavy atom. The smallest absolute Gasteiger partial charge is 0.234 e. The fraction of sp³-hybridized carbons (Fsp3) is 0.278. The number of likely N-dealkylation sites (tertiary alicyclic amines) is 1. The van der Waals surface area contributed by atoms with Gasteiger partial charge in [-0.25, -0.2) is 14.4 Å². The molecular weight excluding hydrogens is 307 g/mol. The molecule has 6 heteroatoms. The number of benzene rings is 1. The highest BCUT2D eigenvalue weighted by atomic mass is 19.1. The van der Waals surface area contributed by atoms with E-state index in [9.17, 15) is 9.18 Å². The third-order valence-corrected chi connectivity index (χ3v) is 4.38. The van der Waals surface area contributed by atoms with Crippen molar-refractivity contribution in [2.45, 2.75) is 19.3 Å². The highest BCUT2D eigenvalue weighted by Crippen LogP contribution is 2.23. The van der Waals surface area contributed by atoms with Gasteiger partial charge in [0, 0.05) is 37.2 Å². The molecule has 1 aliphatic rings. The van der Waals surface area contributed by atoms with E-state index in [4.69, 9.17) is 0 Å². The average molecular weight is 324 g/mol. The normalized spacial score (nSPS) is 14.5. The largest absolute Gasteiger partial charge is 0.342 e. The second-order valence-corrected chi connectivity index (χ2v) is 6.03. The number of fused-ring (bicyclic) bond motifs is 1. The van der Waals surface area contributed by atoms with Crippen LogP contribution in [0, 0.1) is 5.82 Å². The van der Waals surface area contributed by atoms with E-state index in [-0.39, 0.29) is 11.7 Å². The Hall–Kier alpha value is -2.76. The van der Waals surface area contributed by atoms with E-state index in [1.165, 1.54) is 6.07 Å². The van der Waals surface area contributed by atoms with Gasteiger partial charge in [-0.05, 0) is 36.6 Å². The number of halogens is 1. The van der Waals surface area contributed by atoms with Crippen LogP contribution in [0.5, 0.6) is 0 Å². The van der Waals surface area contributed by atoms with Crippen molar-refractivity contribution in [3.05, 3.63) is 54.2 Å². The summed E-state index contributed by atoms with van der Waals surface area (Å²) < 4.78 is 16.0. The molecule has 1 fully saturated rings. The van der Waals surface area contributed by atoms with Crippen LogP contribution in [0.25, 0.3) is 17.0 Å². The zero-order valence-corrected chi connectivity index (χ0v) is 13.2. The predicted octanol–water partition coefficient (Wildman–Crippen LogP) is 2.70. The lowest BCUT2D eigenvalue weighted by Gasteiger charge is -2.15. The molecule has 0 spiro atoms. The van der Waals surface area contributed by atoms with Crippen molar-refractivity contribution < 1.29 is 9.18 Å². The van der Waals surface area contributed by atoms with Gasteiger partial charge in [0.05, 0.1) is 12.1 Å². The summed E-state index contributed by atoms with van der Waals surface area (Å²) in [5, 5.41) is 0. The molecule has 0 saturated carbocycles. The molecule has 0 radical (unpaired) electrons. The lowest BCUT2D eigenvalue weighted by molar-refractivity contribution is -0.129. The second-order valence-electron chi connectivity index (χ2n) is 6.03. The molecule has 0 N–H and O–H groups in total. The monoisotopic (exact) mass is 324 g/mol. The summed E-state index contributed by atoms with van der Waals surface area (Å²) in [5.41, 5.74) is 1.71. The number of nitrogens with zero attached hydrogens (tertiary/aromatic N) is 4. The van der Waals surface area contributed by atoms with Crippen molar-refractivity contribution in [3.8, 4) is 11.3 Å². The van der Waals surface area contributed by atoms with Crippen molar-refractivity contribution in [2.24, 2.45) is 0 Å². The van der Waals surface area contributed by atoms with Gasteiger partial charge in [0.1, 0.15) is 5.82 Å². The van der Waals surface area contributed by atoms with Gasteiger partial charge < -0.3 is 4.90 Å². The van der Waals surface area contributed by atoms with E-state index in [2.05, 4.69) is 9.97 Å². The molecule has 4 rings (SSSR count). The van der Waals surface area contributed by atoms with Gasteiger partial charge in [0.2, 0.25) is 11.7 Å². The number of carbonyl (C=O) groups is 1. The highest BCUT2D eigenvalue weighted by Gasteiger charge is 2.18. The standard InChI is InChI=1S/C18H17FN4O/c19-15-4-3-13(12-17(24)22-7-1-2-8-22)11-14(15)16-5-9-23-10-6-20-18(23)21-16/h3-6,9-11H,1-2,7-8,12H2. The van der Waals surface area contributed by atoms with Crippen molar-refractivity contribution in [1.82, 2.24) is 19.3 Å². The lowest BCUT2D eigenvalue weighted by Crippen LogP contribution is -2.29. The Morgan fingerprint density at radius 1 is 1.17 bits per heavy atom. The average Bonchev–Trinajstić information content (AvgIpc) is 3.27. The maximum Gasteiger partial charge on any atom is 0.234 e. The van der Waals surface area contributed by atoms with Crippen LogP contribution in [-0.4, -0.2) is 38.3 Å². The van der Waals surface area contributed by atoms with Crippen molar-refractivity contribution in [1.29, 1.82) is 0 Å². The van der Waals surface area contributed by atoms with Gasteiger partial charge in [-0.3, -0.25) is 9.20 Å². The molecule has 3 aromatic rings. The summed E-state index contributed by atoms with van der Waals surface area (Å²) in [6.45, 7) is 1.65. The number of amides is 1. The maximum absolute atomic E-state index is 14.3. The molecule has 1 saturated heterocycles. The van der Waals surface area contributed by atoms with Crippen LogP contribution >= 0.6 is 0 Å². The molecule has 0 atom stereocenters. The predicted molar refractivity (Wildman–Crippen MR) is 87.9 cm³/mol. The van der Waals surface area contributed by atoms with E-state index in [0.29, 0.717) is 23.5 Å². The molecule has 0 bridgehead atoms. The van der Waals surface area contributed by atoms with Gasteiger partial charge in [-0.15, -0.1) is 0 Å². The first-order chi connectivity index (χ1) is 11.7. The number of carbonyl (C=O) groups excluding carboxylic acids is 1. The number of imidazole rings is 1. The maximum atomic E-state index is 14.3. The molecule has 24 heavy (non-hydrogen) atoms. The minimum Gasteiger partial charge on any atom is -0.342 e. The van der Waals surface area contributed by atoms with E-state index in [1.807, 2.05) is 4.90 Å². The molecule has 2 aromatic heterocycles. The Kier molecular flexibility index (Phi) is 3.72. The SMILES string of the molecule is O=C(Cc1ccc(F)c(-c2ccn3ccnc3n2)c1)N1CCCC1. The van der Waals surface area contributed by atoms with Gasteiger partial charge in [-0.2, -0.15) is 0 Å². The zero-order valence-electron chi connectivity index (χ0n) is 13.2. The first-order valence-corrected chi connectivity index (χ1v) is 8.07. The summed E-state index contributed by atoms with van der Waals surface area (Å²) in [7, 11) is 0. The Balaban J connectivity index is 1.64. The van der Waals surface area contributed by atoms with Gasteiger partial charge in [-0.1, -0.05) is 6.07 Å². The van der Waals surface area contributed by atoms with E-state index >= 15 is 0 Å². The van der Waals surface area contributed by atoms with Crippen molar-refractivity contribution in [2.75, 3.05) is 13.1 Å². The molecule has 1 amide bonds. The summed E-state index contributed by atoms with van der Waals surface area (Å²) in [6.07, 6.45) is 7.65. The highest BCUT2D eigenvalue weighted by molar-refractivity contribution is 5.79. The van der Waals surface area contributed by atoms with Crippen LogP contribution in [0.15, 0.2) is 42.9 Å². The molecule has 0 unspecified atom stereocenters. The van der Waals surface area contributed by atoms with Crippen LogP contribution in [0.2, 0.25) is 0 Å². The summed E-state index contributed by atoms with van der Waals surface area (Å²) in [5.74, 6) is 0.267. The van der Waals surface area contributed by atoms with Crippen LogP contribution in [0.3, 0.4) is 0 Å². The molecule has 1 aliphatic heterocycles. The van der Waals surface area contributed by atoms with Crippen LogP contribution in [0.4, 0.5) is 4.39 Å². The fourth-order valence-electron chi connectivity index (χ4n) is 3.09. The number of rotatable bonds is 3. The molecule has 0 aliphatic carbocycles. The van der Waals surface area contributed by atoms with Crippen molar-refractivity contribution in [3.63, 3.8) is 0 Å². The molecular formula is C18H17FN4O. The fourth-order valence-corrected chi connectivity index (χ4v) is 3.09. The van der Waals surface area contributed by atoms with Gasteiger partial charge >= 0.3 is 0 Å². The van der Waals surface area contributed by atoms with E-state index in [1.54, 1.807) is 41.2 Å². The number of hydrogen-bond acceptors (Lipinski definition) is 3. The quantitative estimate of drug-likeness (QED) is 0.744. The number of hydrogen-bond donors (Lipinski definition) is 0. The van der Waals surface area contributed by atoms with E-state index < -0.39 is 0 Å². The minimum absolute atomic E-state index is 0.0988. The molecule has 1 aromatic carbocycles. The van der Waals surface area contributed by atoms with Gasteiger partial charge in [0.25, 0.3) is 0 Å². The van der Waals surface area contributed by atoms with Crippen LogP contribution < -0.4 is 0 Å². The van der Waals surface area contributed by atoms with Crippen LogP contribution in [0.1, 0.15) is 18.4 Å². The summed E-state index contributed by atoms with van der Waals surface area (Å²) in [6, 6.07) is 6.53. The van der Waals surface area contributed by atoms with Crippen molar-refractivity contribution >= 4 is 11.7 Å². The zero-order chi connectivity index (χ0) is 16.5. The molecule has 3 heterocycles. The van der Waals surface area contributed by atoms with Crippen LogP contribution in [-0.2, 0) is 11.2 Å². The van der Waals surface area contributed by atoms with Gasteiger partial charge in [0.15, 0.2) is 0 Å². The number of aromatic nitrogens is 3. The second kappa shape index (κ2) is 6.03.